The fourth-order valence-electron chi connectivity index (χ4n) is 3.85. The molecule has 3 amide bonds. The Hall–Kier alpha value is -3.40. The third kappa shape index (κ3) is 8.71. The highest BCUT2D eigenvalue weighted by Gasteiger charge is 2.28. The van der Waals surface area contributed by atoms with Crippen molar-refractivity contribution in [1.82, 2.24) is 20.9 Å². The van der Waals surface area contributed by atoms with Crippen molar-refractivity contribution in [3.8, 4) is 0 Å². The number of fused-ring (bicyclic) bond motifs is 1. The normalized spacial score (nSPS) is 13.9. The lowest BCUT2D eigenvalue weighted by Crippen LogP contribution is -2.54. The first-order valence-corrected chi connectivity index (χ1v) is 11.9. The lowest BCUT2D eigenvalue weighted by atomic mass is 10.0. The van der Waals surface area contributed by atoms with E-state index in [1.165, 1.54) is 0 Å². The summed E-state index contributed by atoms with van der Waals surface area (Å²) in [4.78, 5) is 52.5. The quantitative estimate of drug-likeness (QED) is 0.249. The van der Waals surface area contributed by atoms with Gasteiger partial charge in [-0.2, -0.15) is 0 Å². The van der Waals surface area contributed by atoms with Crippen molar-refractivity contribution < 1.29 is 24.3 Å². The van der Waals surface area contributed by atoms with Gasteiger partial charge in [-0.15, -0.1) is 0 Å². The van der Waals surface area contributed by atoms with Gasteiger partial charge in [0.05, 0.1) is 12.6 Å². The number of amides is 3. The van der Waals surface area contributed by atoms with Crippen LogP contribution in [0.5, 0.6) is 0 Å². The molecule has 1 aromatic carbocycles. The molecule has 35 heavy (non-hydrogen) atoms. The Morgan fingerprint density at radius 2 is 1.60 bits per heavy atom. The predicted octanol–water partition coefficient (Wildman–Crippen LogP) is 1.30. The van der Waals surface area contributed by atoms with Gasteiger partial charge >= 0.3 is 5.97 Å². The number of carboxylic acids is 1. The number of carbonyl (C=O) groups is 4. The zero-order chi connectivity index (χ0) is 26.1. The van der Waals surface area contributed by atoms with Crippen molar-refractivity contribution in [3.05, 3.63) is 36.0 Å². The molecule has 0 radical (unpaired) electrons. The van der Waals surface area contributed by atoms with Crippen LogP contribution in [0.25, 0.3) is 10.9 Å². The third-order valence-corrected chi connectivity index (χ3v) is 5.56. The summed E-state index contributed by atoms with van der Waals surface area (Å²) in [5.41, 5.74) is 7.46. The molecule has 0 bridgehead atoms. The minimum Gasteiger partial charge on any atom is -0.480 e. The molecular formula is C25H37N5O5. The van der Waals surface area contributed by atoms with Gasteiger partial charge in [0.1, 0.15) is 12.1 Å². The molecule has 3 atom stereocenters. The lowest BCUT2D eigenvalue weighted by Gasteiger charge is -2.23. The van der Waals surface area contributed by atoms with Gasteiger partial charge in [-0.3, -0.25) is 14.4 Å². The van der Waals surface area contributed by atoms with Crippen LogP contribution in [-0.4, -0.2) is 58.5 Å². The van der Waals surface area contributed by atoms with Gasteiger partial charge < -0.3 is 31.8 Å². The van der Waals surface area contributed by atoms with E-state index in [4.69, 9.17) is 5.73 Å². The Morgan fingerprint density at radius 3 is 2.23 bits per heavy atom. The van der Waals surface area contributed by atoms with Crippen LogP contribution in [-0.2, 0) is 25.6 Å². The Balaban J connectivity index is 2.02. The van der Waals surface area contributed by atoms with E-state index >= 15 is 0 Å². The van der Waals surface area contributed by atoms with Crippen LogP contribution in [0.4, 0.5) is 0 Å². The molecule has 2 aromatic rings. The zero-order valence-corrected chi connectivity index (χ0v) is 20.8. The molecule has 10 heteroatoms. The molecule has 0 aliphatic carbocycles. The van der Waals surface area contributed by atoms with Crippen molar-refractivity contribution in [2.45, 2.75) is 65.1 Å². The van der Waals surface area contributed by atoms with Gasteiger partial charge in [0.15, 0.2) is 0 Å². The van der Waals surface area contributed by atoms with Crippen molar-refractivity contribution >= 4 is 34.6 Å². The second kappa shape index (κ2) is 12.9. The van der Waals surface area contributed by atoms with Crippen LogP contribution in [0.2, 0.25) is 0 Å². The number of rotatable bonds is 13. The molecule has 7 N–H and O–H groups in total. The molecule has 2 rings (SSSR count). The molecule has 0 unspecified atom stereocenters. The topological polar surface area (TPSA) is 166 Å². The molecule has 0 fully saturated rings. The smallest absolute Gasteiger partial charge is 0.326 e. The first kappa shape index (κ1) is 27.8. The van der Waals surface area contributed by atoms with Crippen LogP contribution >= 0.6 is 0 Å². The molecule has 192 valence electrons. The maximum Gasteiger partial charge on any atom is 0.326 e. The van der Waals surface area contributed by atoms with E-state index in [-0.39, 0.29) is 24.8 Å². The average Bonchev–Trinajstić information content (AvgIpc) is 3.18. The van der Waals surface area contributed by atoms with E-state index in [1.807, 2.05) is 52.0 Å². The van der Waals surface area contributed by atoms with Crippen molar-refractivity contribution in [2.75, 3.05) is 6.54 Å². The van der Waals surface area contributed by atoms with Gasteiger partial charge in [0.25, 0.3) is 0 Å². The van der Waals surface area contributed by atoms with Crippen LogP contribution in [0.1, 0.15) is 46.1 Å². The zero-order valence-electron chi connectivity index (χ0n) is 20.8. The van der Waals surface area contributed by atoms with E-state index in [1.54, 1.807) is 6.20 Å². The minimum atomic E-state index is -1.18. The Morgan fingerprint density at radius 1 is 0.943 bits per heavy atom. The molecule has 1 aromatic heterocycles. The number of nitrogens with two attached hydrogens (primary N) is 1. The highest BCUT2D eigenvalue weighted by atomic mass is 16.4. The summed E-state index contributed by atoms with van der Waals surface area (Å²) in [6, 6.07) is 4.64. The van der Waals surface area contributed by atoms with E-state index in [9.17, 15) is 24.3 Å². The van der Waals surface area contributed by atoms with E-state index < -0.39 is 41.8 Å². The van der Waals surface area contributed by atoms with Gasteiger partial charge in [0.2, 0.25) is 17.7 Å². The highest BCUT2D eigenvalue weighted by Crippen LogP contribution is 2.19. The number of aromatic amines is 1. The standard InChI is InChI=1S/C25H37N5O5/c1-14(2)9-18(26)23(32)28-13-22(31)29-20(10-15(3)4)24(33)30-21(25(34)35)11-16-12-27-19-8-6-5-7-17(16)19/h5-8,12,14-15,18,20-21,27H,9-11,13,26H2,1-4H3,(H,28,32)(H,29,31)(H,30,33)(H,34,35)/t18-,20-,21-/m0/s1. The van der Waals surface area contributed by atoms with E-state index in [0.717, 1.165) is 16.5 Å². The molecule has 0 aliphatic rings. The number of hydrogen-bond acceptors (Lipinski definition) is 5. The van der Waals surface area contributed by atoms with Gasteiger partial charge in [0, 0.05) is 23.5 Å². The third-order valence-electron chi connectivity index (χ3n) is 5.56. The fraction of sp³-hybridized carbons (Fsp3) is 0.520. The Bertz CT molecular complexity index is 1030. The van der Waals surface area contributed by atoms with Gasteiger partial charge in [-0.25, -0.2) is 4.79 Å². The molecule has 0 aliphatic heterocycles. The Kier molecular flexibility index (Phi) is 10.3. The van der Waals surface area contributed by atoms with Gasteiger partial charge in [-0.1, -0.05) is 45.9 Å². The average molecular weight is 488 g/mol. The molecule has 10 nitrogen and oxygen atoms in total. The number of nitrogens with one attached hydrogen (secondary N) is 4. The fourth-order valence-corrected chi connectivity index (χ4v) is 3.85. The molecule has 0 saturated carbocycles. The van der Waals surface area contributed by atoms with Crippen molar-refractivity contribution in [3.63, 3.8) is 0 Å². The number of carboxylic acid groups (broad SMARTS) is 1. The summed E-state index contributed by atoms with van der Waals surface area (Å²) in [5.74, 6) is -2.48. The molecule has 0 spiro atoms. The summed E-state index contributed by atoms with van der Waals surface area (Å²) in [5, 5.41) is 18.3. The second-order valence-corrected chi connectivity index (χ2v) is 9.67. The first-order valence-electron chi connectivity index (χ1n) is 11.9. The van der Waals surface area contributed by atoms with Crippen molar-refractivity contribution in [2.24, 2.45) is 17.6 Å². The number of aliphatic carboxylic acids is 1. The number of para-hydroxylation sites is 1. The summed E-state index contributed by atoms with van der Waals surface area (Å²) < 4.78 is 0. The van der Waals surface area contributed by atoms with Crippen molar-refractivity contribution in [1.29, 1.82) is 0 Å². The van der Waals surface area contributed by atoms with E-state index in [0.29, 0.717) is 12.8 Å². The number of H-pyrrole nitrogens is 1. The van der Waals surface area contributed by atoms with Gasteiger partial charge in [-0.05, 0) is 36.3 Å². The summed E-state index contributed by atoms with van der Waals surface area (Å²) >= 11 is 0. The monoisotopic (exact) mass is 487 g/mol. The molecule has 0 saturated heterocycles. The number of carbonyl (C=O) groups excluding carboxylic acids is 3. The predicted molar refractivity (Wildman–Crippen MR) is 133 cm³/mol. The maximum absolute atomic E-state index is 13.0. The Labute approximate surface area is 205 Å². The van der Waals surface area contributed by atoms with E-state index in [2.05, 4.69) is 20.9 Å². The minimum absolute atomic E-state index is 0.0528. The highest BCUT2D eigenvalue weighted by molar-refractivity contribution is 5.93. The van der Waals surface area contributed by atoms with Crippen LogP contribution in [0.15, 0.2) is 30.5 Å². The SMILES string of the molecule is CC(C)C[C@H](NC(=O)CNC(=O)[C@@H](N)CC(C)C)C(=O)N[C@@H](Cc1c[nH]c2ccccc12)C(=O)O. The number of benzene rings is 1. The van der Waals surface area contributed by atoms with Crippen LogP contribution in [0, 0.1) is 11.8 Å². The number of aromatic nitrogens is 1. The van der Waals surface area contributed by atoms with Crippen LogP contribution < -0.4 is 21.7 Å². The lowest BCUT2D eigenvalue weighted by molar-refractivity contribution is -0.142. The summed E-state index contributed by atoms with van der Waals surface area (Å²) in [6.45, 7) is 7.33. The molecule has 1 heterocycles. The second-order valence-electron chi connectivity index (χ2n) is 9.67. The largest absolute Gasteiger partial charge is 0.480 e. The summed E-state index contributed by atoms with van der Waals surface area (Å²) in [7, 11) is 0. The van der Waals surface area contributed by atoms with Crippen LogP contribution in [0.3, 0.4) is 0 Å². The first-order chi connectivity index (χ1) is 16.5. The number of hydrogen-bond donors (Lipinski definition) is 6. The summed E-state index contributed by atoms with van der Waals surface area (Å²) in [6.07, 6.45) is 2.60. The molecular weight excluding hydrogens is 450 g/mol. The maximum atomic E-state index is 13.0.